The zero-order valence-corrected chi connectivity index (χ0v) is 13.2. The molecule has 22 heavy (non-hydrogen) atoms. The molecule has 3 rings (SSSR count). The van der Waals surface area contributed by atoms with Crippen molar-refractivity contribution in [1.29, 1.82) is 0 Å². The highest BCUT2D eigenvalue weighted by Gasteiger charge is 2.20. The number of carbonyl (C=O) groups is 1. The molecule has 0 atom stereocenters. The van der Waals surface area contributed by atoms with Crippen LogP contribution in [0.3, 0.4) is 0 Å². The predicted octanol–water partition coefficient (Wildman–Crippen LogP) is 1.38. The summed E-state index contributed by atoms with van der Waals surface area (Å²) in [4.78, 5) is 14.4. The molecule has 6 nitrogen and oxygen atoms in total. The normalized spacial score (nSPS) is 13.6. The van der Waals surface area contributed by atoms with Gasteiger partial charge in [0.05, 0.1) is 5.69 Å². The minimum absolute atomic E-state index is 0.110. The van der Waals surface area contributed by atoms with Gasteiger partial charge in [-0.05, 0) is 24.3 Å². The molecule has 116 valence electrons. The van der Waals surface area contributed by atoms with E-state index >= 15 is 0 Å². The molecule has 1 aliphatic heterocycles. The number of aromatic nitrogens is 2. The van der Waals surface area contributed by atoms with Crippen molar-refractivity contribution in [1.82, 2.24) is 15.1 Å². The van der Waals surface area contributed by atoms with Gasteiger partial charge in [0.2, 0.25) is 0 Å². The van der Waals surface area contributed by atoms with E-state index < -0.39 is 0 Å². The molecule has 0 radical (unpaired) electrons. The van der Waals surface area contributed by atoms with Crippen molar-refractivity contribution in [3.8, 4) is 0 Å². The average molecular weight is 299 g/mol. The van der Waals surface area contributed by atoms with Crippen molar-refractivity contribution >= 4 is 17.4 Å². The molecule has 0 aliphatic carbocycles. The molecule has 2 aromatic rings. The fourth-order valence-corrected chi connectivity index (χ4v) is 2.68. The monoisotopic (exact) mass is 299 g/mol. The summed E-state index contributed by atoms with van der Waals surface area (Å²) < 4.78 is 1.75. The Balaban J connectivity index is 1.81. The maximum atomic E-state index is 12.4. The third-order valence-corrected chi connectivity index (χ3v) is 3.95. The smallest absolute Gasteiger partial charge is 0.256 e. The maximum Gasteiger partial charge on any atom is 0.256 e. The summed E-state index contributed by atoms with van der Waals surface area (Å²) in [7, 11) is 5.82. The molecule has 1 amide bonds. The number of nitrogens with one attached hydrogen (secondary N) is 2. The Kier molecular flexibility index (Phi) is 3.85. The van der Waals surface area contributed by atoms with E-state index in [4.69, 9.17) is 0 Å². The largest absolute Gasteiger partial charge is 0.378 e. The predicted molar refractivity (Wildman–Crippen MR) is 87.3 cm³/mol. The van der Waals surface area contributed by atoms with Gasteiger partial charge in [-0.1, -0.05) is 0 Å². The van der Waals surface area contributed by atoms with Gasteiger partial charge in [-0.15, -0.1) is 0 Å². The number of fused-ring (bicyclic) bond motifs is 1. The fourth-order valence-electron chi connectivity index (χ4n) is 2.68. The zero-order chi connectivity index (χ0) is 15.7. The molecule has 2 heterocycles. The van der Waals surface area contributed by atoms with Crippen LogP contribution < -0.4 is 15.5 Å². The van der Waals surface area contributed by atoms with Crippen LogP contribution in [0, 0.1) is 0 Å². The van der Waals surface area contributed by atoms with Gasteiger partial charge in [-0.25, -0.2) is 0 Å². The highest BCUT2D eigenvalue weighted by molar-refractivity contribution is 6.04. The second-order valence-corrected chi connectivity index (χ2v) is 5.72. The Morgan fingerprint density at radius 1 is 1.32 bits per heavy atom. The van der Waals surface area contributed by atoms with Crippen LogP contribution in [-0.4, -0.2) is 36.3 Å². The summed E-state index contributed by atoms with van der Waals surface area (Å²) in [5.74, 6) is 0.672. The molecule has 0 saturated heterocycles. The van der Waals surface area contributed by atoms with E-state index in [9.17, 15) is 4.79 Å². The van der Waals surface area contributed by atoms with E-state index in [2.05, 4.69) is 15.7 Å². The van der Waals surface area contributed by atoms with Crippen molar-refractivity contribution < 1.29 is 4.79 Å². The first-order valence-electron chi connectivity index (χ1n) is 7.40. The first kappa shape index (κ1) is 14.6. The number of hydrogen-bond acceptors (Lipinski definition) is 4. The van der Waals surface area contributed by atoms with Gasteiger partial charge in [0, 0.05) is 57.5 Å². The van der Waals surface area contributed by atoms with Crippen LogP contribution in [0.2, 0.25) is 0 Å². The molecule has 0 bridgehead atoms. The molecule has 1 aromatic heterocycles. The lowest BCUT2D eigenvalue weighted by atomic mass is 10.1. The van der Waals surface area contributed by atoms with E-state index in [0.717, 1.165) is 42.3 Å². The molecule has 0 spiro atoms. The second kappa shape index (κ2) is 5.81. The van der Waals surface area contributed by atoms with Gasteiger partial charge in [-0.2, -0.15) is 5.10 Å². The summed E-state index contributed by atoms with van der Waals surface area (Å²) in [5, 5.41) is 10.8. The molecule has 0 fully saturated rings. The lowest BCUT2D eigenvalue weighted by Crippen LogP contribution is -2.24. The van der Waals surface area contributed by atoms with Crippen LogP contribution in [0.5, 0.6) is 0 Å². The van der Waals surface area contributed by atoms with Crippen molar-refractivity contribution in [2.75, 3.05) is 30.9 Å². The van der Waals surface area contributed by atoms with Gasteiger partial charge >= 0.3 is 0 Å². The van der Waals surface area contributed by atoms with Gasteiger partial charge in [-0.3, -0.25) is 9.48 Å². The van der Waals surface area contributed by atoms with E-state index in [1.165, 1.54) is 0 Å². The van der Waals surface area contributed by atoms with Crippen LogP contribution in [-0.2, 0) is 20.0 Å². The van der Waals surface area contributed by atoms with Crippen molar-refractivity contribution in [2.45, 2.75) is 13.0 Å². The molecule has 6 heteroatoms. The van der Waals surface area contributed by atoms with Gasteiger partial charge in [0.25, 0.3) is 5.91 Å². The number of anilines is 2. The summed E-state index contributed by atoms with van der Waals surface area (Å²) in [6.45, 7) is 1.68. The zero-order valence-electron chi connectivity index (χ0n) is 13.2. The molecular weight excluding hydrogens is 278 g/mol. The molecule has 2 N–H and O–H groups in total. The molecule has 0 unspecified atom stereocenters. The van der Waals surface area contributed by atoms with E-state index in [-0.39, 0.29) is 5.91 Å². The highest BCUT2D eigenvalue weighted by Crippen LogP contribution is 2.23. The Labute approximate surface area is 130 Å². The summed E-state index contributed by atoms with van der Waals surface area (Å²) in [5.41, 5.74) is 3.87. The van der Waals surface area contributed by atoms with Crippen molar-refractivity contribution in [3.05, 3.63) is 41.1 Å². The molecule has 1 aromatic carbocycles. The molecule has 0 saturated carbocycles. The first-order chi connectivity index (χ1) is 10.6. The average Bonchev–Trinajstić information content (AvgIpc) is 2.83. The quantitative estimate of drug-likeness (QED) is 0.899. The van der Waals surface area contributed by atoms with Gasteiger partial charge in [0.15, 0.2) is 0 Å². The number of amides is 1. The fraction of sp³-hybridized carbons (Fsp3) is 0.375. The number of hydrogen-bond donors (Lipinski definition) is 2. The number of nitrogens with zero attached hydrogens (tertiary/aromatic N) is 3. The summed E-state index contributed by atoms with van der Waals surface area (Å²) in [6.07, 6.45) is 0.899. The van der Waals surface area contributed by atoms with Crippen LogP contribution in [0.25, 0.3) is 0 Å². The Morgan fingerprint density at radius 3 is 2.73 bits per heavy atom. The molecule has 1 aliphatic rings. The summed E-state index contributed by atoms with van der Waals surface area (Å²) >= 11 is 0. The Morgan fingerprint density at radius 2 is 2.05 bits per heavy atom. The van der Waals surface area contributed by atoms with E-state index in [0.29, 0.717) is 5.56 Å². The van der Waals surface area contributed by atoms with Crippen molar-refractivity contribution in [3.63, 3.8) is 0 Å². The van der Waals surface area contributed by atoms with Crippen LogP contribution in [0.4, 0.5) is 11.5 Å². The number of benzene rings is 1. The van der Waals surface area contributed by atoms with Gasteiger partial charge < -0.3 is 15.5 Å². The third-order valence-electron chi connectivity index (χ3n) is 3.95. The topological polar surface area (TPSA) is 62.2 Å². The Bertz CT molecular complexity index is 687. The lowest BCUT2D eigenvalue weighted by molar-refractivity contribution is 0.102. The van der Waals surface area contributed by atoms with Gasteiger partial charge in [0.1, 0.15) is 5.82 Å². The van der Waals surface area contributed by atoms with Crippen LogP contribution in [0.1, 0.15) is 21.6 Å². The SMILES string of the molecule is CN(C)c1ccc(C(=O)Nc2c3c(nn2C)CCNC3)cc1. The minimum Gasteiger partial charge on any atom is -0.378 e. The number of aryl methyl sites for hydroxylation is 1. The van der Waals surface area contributed by atoms with E-state index in [1.807, 2.05) is 50.3 Å². The summed E-state index contributed by atoms with van der Waals surface area (Å²) in [6, 6.07) is 7.56. The third kappa shape index (κ3) is 2.69. The minimum atomic E-state index is -0.110. The lowest BCUT2D eigenvalue weighted by Gasteiger charge is -2.14. The maximum absolute atomic E-state index is 12.4. The van der Waals surface area contributed by atoms with Crippen molar-refractivity contribution in [2.24, 2.45) is 7.05 Å². The number of carbonyl (C=O) groups excluding carboxylic acids is 1. The van der Waals surface area contributed by atoms with Crippen LogP contribution >= 0.6 is 0 Å². The molecular formula is C16H21N5O. The number of rotatable bonds is 3. The first-order valence-corrected chi connectivity index (χ1v) is 7.40. The second-order valence-electron chi connectivity index (χ2n) is 5.72. The van der Waals surface area contributed by atoms with E-state index in [1.54, 1.807) is 4.68 Å². The highest BCUT2D eigenvalue weighted by atomic mass is 16.1. The van der Waals surface area contributed by atoms with Crippen LogP contribution in [0.15, 0.2) is 24.3 Å². The standard InChI is InChI=1S/C16H21N5O/c1-20(2)12-6-4-11(5-7-12)16(22)18-15-13-10-17-9-8-14(13)19-21(15)3/h4-7,17H,8-10H2,1-3H3,(H,18,22). The Hall–Kier alpha value is -2.34.